The highest BCUT2D eigenvalue weighted by Crippen LogP contribution is 2.27. The van der Waals surface area contributed by atoms with Gasteiger partial charge in [0.1, 0.15) is 10.6 Å². The van der Waals surface area contributed by atoms with Crippen molar-refractivity contribution in [2.75, 3.05) is 20.2 Å². The van der Waals surface area contributed by atoms with Crippen LogP contribution in [0.3, 0.4) is 0 Å². The van der Waals surface area contributed by atoms with Crippen molar-refractivity contribution in [2.45, 2.75) is 69.5 Å². The first-order chi connectivity index (χ1) is 16.8. The van der Waals surface area contributed by atoms with Crippen LogP contribution in [-0.4, -0.2) is 45.5 Å². The van der Waals surface area contributed by atoms with Gasteiger partial charge in [0.15, 0.2) is 0 Å². The third-order valence-corrected chi connectivity index (χ3v) is 8.69. The van der Waals surface area contributed by atoms with Crippen LogP contribution in [-0.2, 0) is 23.1 Å². The van der Waals surface area contributed by atoms with E-state index in [2.05, 4.69) is 34.0 Å². The molecule has 0 unspecified atom stereocenters. The molecule has 1 saturated heterocycles. The highest BCUT2D eigenvalue weighted by atomic mass is 32.2. The van der Waals surface area contributed by atoms with Gasteiger partial charge in [0.2, 0.25) is 10.0 Å². The van der Waals surface area contributed by atoms with Crippen molar-refractivity contribution < 1.29 is 17.9 Å². The molecule has 1 aliphatic heterocycles. The van der Waals surface area contributed by atoms with Gasteiger partial charge in [-0.15, -0.1) is 0 Å². The summed E-state index contributed by atoms with van der Waals surface area (Å²) in [6.07, 6.45) is 6.22. The fraction of sp³-hybridized carbons (Fsp3) is 0.519. The van der Waals surface area contributed by atoms with Crippen LogP contribution in [0.25, 0.3) is 0 Å². The molecule has 1 amide bonds. The number of carbonyl (C=O) groups excluding carboxylic acids is 1. The maximum Gasteiger partial charge on any atom is 0.251 e. The first-order valence-electron chi connectivity index (χ1n) is 12.6. The smallest absolute Gasteiger partial charge is 0.251 e. The number of benzene rings is 2. The molecule has 35 heavy (non-hydrogen) atoms. The molecule has 2 aliphatic rings. The second kappa shape index (κ2) is 11.5. The first kappa shape index (κ1) is 25.7. The molecule has 2 N–H and O–H groups in total. The lowest BCUT2D eigenvalue weighted by atomic mass is 9.99. The first-order valence-corrected chi connectivity index (χ1v) is 14.1. The van der Waals surface area contributed by atoms with Gasteiger partial charge in [-0.1, -0.05) is 44.0 Å². The monoisotopic (exact) mass is 499 g/mol. The predicted octanol–water partition coefficient (Wildman–Crippen LogP) is 4.08. The Labute approximate surface area is 209 Å². The molecule has 0 aromatic heterocycles. The van der Waals surface area contributed by atoms with Crippen LogP contribution in [0.5, 0.6) is 5.75 Å². The van der Waals surface area contributed by atoms with E-state index in [1.807, 2.05) is 12.1 Å². The lowest BCUT2D eigenvalue weighted by molar-refractivity contribution is 0.0950. The van der Waals surface area contributed by atoms with E-state index >= 15 is 0 Å². The summed E-state index contributed by atoms with van der Waals surface area (Å²) in [6.45, 7) is 5.94. The summed E-state index contributed by atoms with van der Waals surface area (Å²) in [4.78, 5) is 15.3. The molecule has 0 bridgehead atoms. The van der Waals surface area contributed by atoms with Crippen LogP contribution in [0.1, 0.15) is 66.9 Å². The molecule has 4 rings (SSSR count). The molecule has 0 atom stereocenters. The average Bonchev–Trinajstić information content (AvgIpc) is 3.36. The number of piperidine rings is 1. The van der Waals surface area contributed by atoms with Gasteiger partial charge in [-0.05, 0) is 74.0 Å². The quantitative estimate of drug-likeness (QED) is 0.543. The molecule has 2 fully saturated rings. The zero-order valence-corrected chi connectivity index (χ0v) is 21.6. The van der Waals surface area contributed by atoms with E-state index in [1.165, 1.54) is 37.6 Å². The highest BCUT2D eigenvalue weighted by molar-refractivity contribution is 7.89. The van der Waals surface area contributed by atoms with Crippen LogP contribution >= 0.6 is 0 Å². The van der Waals surface area contributed by atoms with E-state index in [0.29, 0.717) is 6.54 Å². The number of ether oxygens (including phenoxy) is 1. The van der Waals surface area contributed by atoms with Gasteiger partial charge in [-0.3, -0.25) is 9.69 Å². The summed E-state index contributed by atoms with van der Waals surface area (Å²) in [5, 5.41) is 2.90. The van der Waals surface area contributed by atoms with Gasteiger partial charge in [-0.25, -0.2) is 13.1 Å². The fourth-order valence-electron chi connectivity index (χ4n) is 4.88. The molecule has 0 radical (unpaired) electrons. The Morgan fingerprint density at radius 2 is 1.66 bits per heavy atom. The average molecular weight is 500 g/mol. The minimum atomic E-state index is -3.79. The second-order valence-electron chi connectivity index (χ2n) is 9.93. The Morgan fingerprint density at radius 1 is 1.00 bits per heavy atom. The number of methoxy groups -OCH3 is 1. The lowest BCUT2D eigenvalue weighted by Crippen LogP contribution is -2.33. The molecule has 7 nitrogen and oxygen atoms in total. The summed E-state index contributed by atoms with van der Waals surface area (Å²) in [5.41, 5.74) is 2.56. The number of hydrogen-bond donors (Lipinski definition) is 2. The van der Waals surface area contributed by atoms with Crippen molar-refractivity contribution in [3.8, 4) is 5.75 Å². The third kappa shape index (κ3) is 6.84. The van der Waals surface area contributed by atoms with Gasteiger partial charge in [0, 0.05) is 24.7 Å². The van der Waals surface area contributed by atoms with E-state index < -0.39 is 10.0 Å². The second-order valence-corrected chi connectivity index (χ2v) is 11.6. The van der Waals surface area contributed by atoms with Crippen molar-refractivity contribution in [3.63, 3.8) is 0 Å². The maximum absolute atomic E-state index is 13.0. The standard InChI is InChI=1S/C27H37N3O4S/c1-20-13-15-30(16-14-20)19-22-9-7-21(8-10-22)18-28-27(31)23-11-12-25(34-2)26(17-23)35(32,33)29-24-5-3-4-6-24/h7-12,17,20,24,29H,3-6,13-16,18-19H2,1-2H3,(H,28,31). The van der Waals surface area contributed by atoms with Gasteiger partial charge >= 0.3 is 0 Å². The molecule has 1 saturated carbocycles. The zero-order chi connectivity index (χ0) is 24.8. The van der Waals surface area contributed by atoms with E-state index in [1.54, 1.807) is 6.07 Å². The van der Waals surface area contributed by atoms with Gasteiger partial charge in [-0.2, -0.15) is 0 Å². The zero-order valence-electron chi connectivity index (χ0n) is 20.8. The Morgan fingerprint density at radius 3 is 2.31 bits per heavy atom. The van der Waals surface area contributed by atoms with Gasteiger partial charge < -0.3 is 10.1 Å². The highest BCUT2D eigenvalue weighted by Gasteiger charge is 2.26. The number of sulfonamides is 1. The van der Waals surface area contributed by atoms with Crippen LogP contribution < -0.4 is 14.8 Å². The van der Waals surface area contributed by atoms with Crippen molar-refractivity contribution in [1.29, 1.82) is 0 Å². The largest absolute Gasteiger partial charge is 0.495 e. The lowest BCUT2D eigenvalue weighted by Gasteiger charge is -2.30. The fourth-order valence-corrected chi connectivity index (χ4v) is 6.38. The summed E-state index contributed by atoms with van der Waals surface area (Å²) < 4.78 is 34.0. The topological polar surface area (TPSA) is 87.7 Å². The van der Waals surface area contributed by atoms with E-state index in [0.717, 1.165) is 56.8 Å². The number of likely N-dealkylation sites (tertiary alicyclic amines) is 1. The van der Waals surface area contributed by atoms with Crippen LogP contribution in [0.2, 0.25) is 0 Å². The Kier molecular flexibility index (Phi) is 8.46. The molecular weight excluding hydrogens is 462 g/mol. The minimum absolute atomic E-state index is 0.00370. The van der Waals surface area contributed by atoms with Crippen molar-refractivity contribution in [3.05, 3.63) is 59.2 Å². The summed E-state index contributed by atoms with van der Waals surface area (Å²) in [6, 6.07) is 12.8. The molecule has 1 aliphatic carbocycles. The predicted molar refractivity (Wildman–Crippen MR) is 137 cm³/mol. The van der Waals surface area contributed by atoms with Crippen LogP contribution in [0.4, 0.5) is 0 Å². The molecule has 2 aromatic carbocycles. The Bertz CT molecular complexity index is 1100. The maximum atomic E-state index is 13.0. The number of carbonyl (C=O) groups is 1. The Hall–Kier alpha value is -2.42. The summed E-state index contributed by atoms with van der Waals surface area (Å²) in [7, 11) is -2.36. The van der Waals surface area contributed by atoms with Gasteiger partial charge in [0.05, 0.1) is 7.11 Å². The number of nitrogens with one attached hydrogen (secondary N) is 2. The summed E-state index contributed by atoms with van der Waals surface area (Å²) in [5.74, 6) is 0.727. The molecule has 0 spiro atoms. The third-order valence-electron chi connectivity index (χ3n) is 7.15. The SMILES string of the molecule is COc1ccc(C(=O)NCc2ccc(CN3CCC(C)CC3)cc2)cc1S(=O)(=O)NC1CCCC1. The van der Waals surface area contributed by atoms with Crippen molar-refractivity contribution in [2.24, 2.45) is 5.92 Å². The van der Waals surface area contributed by atoms with E-state index in [4.69, 9.17) is 4.74 Å². The molecular formula is C27H37N3O4S. The number of rotatable bonds is 9. The number of amides is 1. The number of nitrogens with zero attached hydrogens (tertiary/aromatic N) is 1. The van der Waals surface area contributed by atoms with Crippen LogP contribution in [0, 0.1) is 5.92 Å². The van der Waals surface area contributed by atoms with E-state index in [9.17, 15) is 13.2 Å². The van der Waals surface area contributed by atoms with Crippen molar-refractivity contribution in [1.82, 2.24) is 14.9 Å². The molecule has 8 heteroatoms. The molecule has 190 valence electrons. The van der Waals surface area contributed by atoms with Crippen LogP contribution in [0.15, 0.2) is 47.4 Å². The minimum Gasteiger partial charge on any atom is -0.495 e. The Balaban J connectivity index is 1.36. The molecule has 2 aromatic rings. The van der Waals surface area contributed by atoms with Crippen molar-refractivity contribution >= 4 is 15.9 Å². The summed E-state index contributed by atoms with van der Waals surface area (Å²) >= 11 is 0. The normalized spacial score (nSPS) is 18.0. The van der Waals surface area contributed by atoms with Gasteiger partial charge in [0.25, 0.3) is 5.91 Å². The number of hydrogen-bond acceptors (Lipinski definition) is 5. The molecule has 1 heterocycles. The van der Waals surface area contributed by atoms with E-state index in [-0.39, 0.29) is 28.2 Å².